The minimum Gasteiger partial charge on any atom is -0.379 e. The Morgan fingerprint density at radius 2 is 1.96 bits per heavy atom. The van der Waals surface area contributed by atoms with Crippen molar-refractivity contribution in [3.8, 4) is 0 Å². The van der Waals surface area contributed by atoms with Gasteiger partial charge in [0.1, 0.15) is 0 Å². The van der Waals surface area contributed by atoms with Crippen molar-refractivity contribution in [2.75, 3.05) is 26.3 Å². The summed E-state index contributed by atoms with van der Waals surface area (Å²) < 4.78 is 33.5. The molecule has 0 unspecified atom stereocenters. The van der Waals surface area contributed by atoms with Gasteiger partial charge < -0.3 is 10.1 Å². The molecule has 0 bridgehead atoms. The van der Waals surface area contributed by atoms with E-state index in [9.17, 15) is 13.2 Å². The minimum atomic E-state index is -3.55. The molecule has 1 aliphatic rings. The second-order valence-corrected chi connectivity index (χ2v) is 8.08. The molecule has 1 amide bonds. The maximum absolute atomic E-state index is 12.6. The number of nitrogens with zero attached hydrogens (tertiary/aromatic N) is 3. The van der Waals surface area contributed by atoms with Gasteiger partial charge in [-0.2, -0.15) is 9.40 Å². The third kappa shape index (κ3) is 4.29. The maximum Gasteiger partial charge on any atom is 0.251 e. The third-order valence-electron chi connectivity index (χ3n) is 4.12. The molecule has 1 fully saturated rings. The number of nitrogens with one attached hydrogen (secondary N) is 1. The number of hydrogen-bond donors (Lipinski definition) is 1. The summed E-state index contributed by atoms with van der Waals surface area (Å²) in [4.78, 5) is 12.5. The SMILES string of the molecule is C[C@H](Cn1cccn1)NC(=O)c1ccc(S(=O)(=O)N2CCOCC2)cc1. The molecule has 0 saturated carbocycles. The molecule has 1 N–H and O–H groups in total. The van der Waals surface area contributed by atoms with E-state index >= 15 is 0 Å². The summed E-state index contributed by atoms with van der Waals surface area (Å²) in [6, 6.07) is 7.71. The van der Waals surface area contributed by atoms with Gasteiger partial charge in [0, 0.05) is 37.1 Å². The van der Waals surface area contributed by atoms with E-state index in [0.717, 1.165) is 0 Å². The molecule has 1 aromatic carbocycles. The van der Waals surface area contributed by atoms with Gasteiger partial charge in [-0.05, 0) is 37.3 Å². The summed E-state index contributed by atoms with van der Waals surface area (Å²) in [6.07, 6.45) is 3.51. The zero-order valence-corrected chi connectivity index (χ0v) is 15.4. The van der Waals surface area contributed by atoms with E-state index in [1.54, 1.807) is 10.9 Å². The van der Waals surface area contributed by atoms with Crippen molar-refractivity contribution in [3.05, 3.63) is 48.3 Å². The van der Waals surface area contributed by atoms with Crippen molar-refractivity contribution in [2.45, 2.75) is 24.4 Å². The van der Waals surface area contributed by atoms with E-state index in [2.05, 4.69) is 10.4 Å². The Balaban J connectivity index is 1.64. The molecular weight excluding hydrogens is 356 g/mol. The predicted octanol–water partition coefficient (Wildman–Crippen LogP) is 0.723. The highest BCUT2D eigenvalue weighted by Gasteiger charge is 2.26. The Morgan fingerprint density at radius 3 is 2.58 bits per heavy atom. The average Bonchev–Trinajstić information content (AvgIpc) is 3.15. The molecule has 2 aromatic rings. The van der Waals surface area contributed by atoms with E-state index in [1.807, 2.05) is 19.2 Å². The van der Waals surface area contributed by atoms with Crippen LogP contribution in [0.4, 0.5) is 0 Å². The van der Waals surface area contributed by atoms with Crippen molar-refractivity contribution in [3.63, 3.8) is 0 Å². The fourth-order valence-electron chi connectivity index (χ4n) is 2.76. The first kappa shape index (κ1) is 18.6. The van der Waals surface area contributed by atoms with Crippen LogP contribution in [0.2, 0.25) is 0 Å². The van der Waals surface area contributed by atoms with Crippen molar-refractivity contribution in [1.82, 2.24) is 19.4 Å². The molecule has 0 radical (unpaired) electrons. The molecule has 140 valence electrons. The fourth-order valence-corrected chi connectivity index (χ4v) is 4.16. The molecule has 1 aromatic heterocycles. The highest BCUT2D eigenvalue weighted by molar-refractivity contribution is 7.89. The highest BCUT2D eigenvalue weighted by atomic mass is 32.2. The zero-order valence-electron chi connectivity index (χ0n) is 14.5. The van der Waals surface area contributed by atoms with Gasteiger partial charge in [0.05, 0.1) is 24.7 Å². The van der Waals surface area contributed by atoms with Crippen molar-refractivity contribution in [2.24, 2.45) is 0 Å². The smallest absolute Gasteiger partial charge is 0.251 e. The van der Waals surface area contributed by atoms with Crippen LogP contribution in [-0.2, 0) is 21.3 Å². The van der Waals surface area contributed by atoms with E-state index in [0.29, 0.717) is 38.4 Å². The molecule has 8 nitrogen and oxygen atoms in total. The van der Waals surface area contributed by atoms with Crippen LogP contribution in [0.3, 0.4) is 0 Å². The van der Waals surface area contributed by atoms with Gasteiger partial charge in [0.25, 0.3) is 5.91 Å². The lowest BCUT2D eigenvalue weighted by molar-refractivity contribution is 0.0730. The monoisotopic (exact) mass is 378 g/mol. The van der Waals surface area contributed by atoms with Gasteiger partial charge >= 0.3 is 0 Å². The molecule has 9 heteroatoms. The Hall–Kier alpha value is -2.23. The zero-order chi connectivity index (χ0) is 18.6. The Bertz CT molecular complexity index is 828. The topological polar surface area (TPSA) is 93.5 Å². The van der Waals surface area contributed by atoms with Gasteiger partial charge in [-0.25, -0.2) is 8.42 Å². The van der Waals surface area contributed by atoms with Gasteiger partial charge in [-0.3, -0.25) is 9.48 Å². The number of benzene rings is 1. The molecule has 1 atom stereocenters. The number of amides is 1. The predicted molar refractivity (Wildman–Crippen MR) is 95.2 cm³/mol. The van der Waals surface area contributed by atoms with Crippen molar-refractivity contribution in [1.29, 1.82) is 0 Å². The second kappa shape index (κ2) is 7.98. The molecule has 2 heterocycles. The number of sulfonamides is 1. The van der Waals surface area contributed by atoms with Crippen LogP contribution < -0.4 is 5.32 Å². The summed E-state index contributed by atoms with van der Waals surface area (Å²) in [5.74, 6) is -0.250. The third-order valence-corrected chi connectivity index (χ3v) is 6.03. The van der Waals surface area contributed by atoms with Gasteiger partial charge in [0.2, 0.25) is 10.0 Å². The number of carbonyl (C=O) groups excluding carboxylic acids is 1. The quantitative estimate of drug-likeness (QED) is 0.800. The summed E-state index contributed by atoms with van der Waals surface area (Å²) in [7, 11) is -3.55. The number of ether oxygens (including phenoxy) is 1. The van der Waals surface area contributed by atoms with Gasteiger partial charge in [-0.1, -0.05) is 0 Å². The number of aromatic nitrogens is 2. The standard InChI is InChI=1S/C17H22N4O4S/c1-14(13-20-8-2-7-18-20)19-17(22)15-3-5-16(6-4-15)26(23,24)21-9-11-25-12-10-21/h2-8,14H,9-13H2,1H3,(H,19,22)/t14-/m1/s1. The lowest BCUT2D eigenvalue weighted by Gasteiger charge is -2.26. The Morgan fingerprint density at radius 1 is 1.27 bits per heavy atom. The largest absolute Gasteiger partial charge is 0.379 e. The lowest BCUT2D eigenvalue weighted by atomic mass is 10.2. The first-order valence-corrected chi connectivity index (χ1v) is 9.87. The van der Waals surface area contributed by atoms with Crippen LogP contribution in [0.1, 0.15) is 17.3 Å². The molecule has 1 saturated heterocycles. The number of rotatable bonds is 6. The molecule has 0 aliphatic carbocycles. The molecule has 1 aliphatic heterocycles. The number of hydrogen-bond acceptors (Lipinski definition) is 5. The normalized spacial score (nSPS) is 17.0. The fraction of sp³-hybridized carbons (Fsp3) is 0.412. The molecule has 0 spiro atoms. The van der Waals surface area contributed by atoms with Crippen LogP contribution in [0, 0.1) is 0 Å². The average molecular weight is 378 g/mol. The van der Waals surface area contributed by atoms with E-state index in [4.69, 9.17) is 4.74 Å². The van der Waals surface area contributed by atoms with Crippen LogP contribution in [0.15, 0.2) is 47.6 Å². The van der Waals surface area contributed by atoms with E-state index < -0.39 is 10.0 Å². The summed E-state index contributed by atoms with van der Waals surface area (Å²) in [5.41, 5.74) is 0.415. The highest BCUT2D eigenvalue weighted by Crippen LogP contribution is 2.17. The van der Waals surface area contributed by atoms with Crippen LogP contribution >= 0.6 is 0 Å². The molecular formula is C17H22N4O4S. The first-order chi connectivity index (χ1) is 12.5. The Kier molecular flexibility index (Phi) is 5.70. The van der Waals surface area contributed by atoms with Crippen LogP contribution in [0.5, 0.6) is 0 Å². The van der Waals surface area contributed by atoms with Crippen LogP contribution in [0.25, 0.3) is 0 Å². The molecule has 26 heavy (non-hydrogen) atoms. The van der Waals surface area contributed by atoms with Crippen molar-refractivity contribution >= 4 is 15.9 Å². The summed E-state index contributed by atoms with van der Waals surface area (Å²) in [5, 5.41) is 6.98. The maximum atomic E-state index is 12.6. The van der Waals surface area contributed by atoms with Gasteiger partial charge in [-0.15, -0.1) is 0 Å². The lowest BCUT2D eigenvalue weighted by Crippen LogP contribution is -2.40. The second-order valence-electron chi connectivity index (χ2n) is 6.14. The van der Waals surface area contributed by atoms with Gasteiger partial charge in [0.15, 0.2) is 0 Å². The molecule has 3 rings (SSSR count). The van der Waals surface area contributed by atoms with E-state index in [1.165, 1.54) is 28.6 Å². The van der Waals surface area contributed by atoms with Crippen LogP contribution in [-0.4, -0.2) is 60.8 Å². The number of morpholine rings is 1. The van der Waals surface area contributed by atoms with Crippen molar-refractivity contribution < 1.29 is 17.9 Å². The minimum absolute atomic E-state index is 0.112. The Labute approximate surface area is 152 Å². The first-order valence-electron chi connectivity index (χ1n) is 8.43. The summed E-state index contributed by atoms with van der Waals surface area (Å²) >= 11 is 0. The van der Waals surface area contributed by atoms with E-state index in [-0.39, 0.29) is 16.8 Å². The number of carbonyl (C=O) groups is 1. The summed E-state index contributed by atoms with van der Waals surface area (Å²) in [6.45, 7) is 3.92.